The fourth-order valence-corrected chi connectivity index (χ4v) is 5.49. The van der Waals surface area contributed by atoms with Gasteiger partial charge in [0, 0.05) is 30.9 Å². The van der Waals surface area contributed by atoms with Crippen molar-refractivity contribution in [2.24, 2.45) is 5.73 Å². The van der Waals surface area contributed by atoms with Crippen LogP contribution < -0.4 is 15.5 Å². The van der Waals surface area contributed by atoms with Crippen molar-refractivity contribution in [1.29, 1.82) is 0 Å². The predicted molar refractivity (Wildman–Crippen MR) is 136 cm³/mol. The highest BCUT2D eigenvalue weighted by atomic mass is 19.4. The normalized spacial score (nSPS) is 16.5. The molecule has 0 aliphatic carbocycles. The number of fused-ring (bicyclic) bond motifs is 1. The summed E-state index contributed by atoms with van der Waals surface area (Å²) < 4.78 is 57.0. The number of urea groups is 1. The summed E-state index contributed by atoms with van der Waals surface area (Å²) in [4.78, 5) is 30.1. The molecule has 0 saturated carbocycles. The highest BCUT2D eigenvalue weighted by Gasteiger charge is 2.40. The molecule has 2 aliphatic heterocycles. The van der Waals surface area contributed by atoms with Crippen molar-refractivity contribution in [3.8, 4) is 0 Å². The molecule has 1 saturated heterocycles. The van der Waals surface area contributed by atoms with Crippen molar-refractivity contribution in [3.63, 3.8) is 0 Å². The number of piperidine rings is 1. The van der Waals surface area contributed by atoms with Crippen LogP contribution >= 0.6 is 0 Å². The first-order valence-electron chi connectivity index (χ1n) is 12.6. The average Bonchev–Trinajstić information content (AvgIpc) is 3.27. The van der Waals surface area contributed by atoms with Gasteiger partial charge in [0.15, 0.2) is 5.82 Å². The second kappa shape index (κ2) is 10.2. The van der Waals surface area contributed by atoms with Crippen molar-refractivity contribution in [2.45, 2.75) is 51.6 Å². The zero-order valence-corrected chi connectivity index (χ0v) is 21.3. The Bertz CT molecular complexity index is 1380. The van der Waals surface area contributed by atoms with Gasteiger partial charge in [-0.1, -0.05) is 30.3 Å². The third kappa shape index (κ3) is 5.27. The third-order valence-corrected chi connectivity index (χ3v) is 7.27. The zero-order chi connectivity index (χ0) is 27.9. The fraction of sp³-hybridized carbons (Fsp3) is 0.370. The smallest absolute Gasteiger partial charge is 0.369 e. The largest absolute Gasteiger partial charge is 0.416 e. The highest BCUT2D eigenvalue weighted by molar-refractivity contribution is 5.94. The number of amides is 3. The number of carbonyl (C=O) groups is 2. The van der Waals surface area contributed by atoms with Gasteiger partial charge in [0.05, 0.1) is 24.3 Å². The lowest BCUT2D eigenvalue weighted by atomic mass is 10.00. The molecule has 3 amide bonds. The highest BCUT2D eigenvalue weighted by Crippen LogP contribution is 2.37. The van der Waals surface area contributed by atoms with Gasteiger partial charge >= 0.3 is 12.2 Å². The van der Waals surface area contributed by atoms with Crippen LogP contribution in [-0.2, 0) is 30.6 Å². The molecular weight excluding hydrogens is 516 g/mol. The number of primary amides is 1. The molecule has 2 aliphatic rings. The quantitative estimate of drug-likeness (QED) is 0.465. The molecule has 39 heavy (non-hydrogen) atoms. The van der Waals surface area contributed by atoms with E-state index in [9.17, 15) is 27.2 Å². The summed E-state index contributed by atoms with van der Waals surface area (Å²) in [5.74, 6) is -0.736. The van der Waals surface area contributed by atoms with E-state index < -0.39 is 23.7 Å². The zero-order valence-electron chi connectivity index (χ0n) is 21.3. The predicted octanol–water partition coefficient (Wildman–Crippen LogP) is 4.45. The van der Waals surface area contributed by atoms with Crippen LogP contribution in [0.2, 0.25) is 0 Å². The number of anilines is 2. The van der Waals surface area contributed by atoms with Gasteiger partial charge in [-0.15, -0.1) is 0 Å². The molecule has 0 bridgehead atoms. The number of aromatic nitrogens is 2. The number of para-hydroxylation sites is 1. The van der Waals surface area contributed by atoms with Crippen molar-refractivity contribution in [3.05, 3.63) is 76.7 Å². The van der Waals surface area contributed by atoms with E-state index in [1.54, 1.807) is 17.2 Å². The monoisotopic (exact) mass is 544 g/mol. The number of halogens is 4. The van der Waals surface area contributed by atoms with E-state index in [4.69, 9.17) is 5.73 Å². The summed E-state index contributed by atoms with van der Waals surface area (Å²) in [7, 11) is 0. The Hall–Kier alpha value is -4.09. The van der Waals surface area contributed by atoms with Crippen LogP contribution in [0.15, 0.2) is 48.7 Å². The molecule has 2 aromatic carbocycles. The molecule has 1 aromatic heterocycles. The van der Waals surface area contributed by atoms with Crippen molar-refractivity contribution < 1.29 is 27.2 Å². The number of aryl methyl sites for hydroxylation is 1. The number of rotatable bonds is 6. The molecule has 12 heteroatoms. The Kier molecular flexibility index (Phi) is 6.96. The Labute approximate surface area is 222 Å². The van der Waals surface area contributed by atoms with Gasteiger partial charge < -0.3 is 15.5 Å². The SMILES string of the molecule is Cc1cccc(F)c1N1CCC(N2Cc3cn(CC(N)=O)nc3N(Cc3ccccc3C(F)(F)F)C2=O)CC1. The van der Waals surface area contributed by atoms with E-state index in [2.05, 4.69) is 5.10 Å². The van der Waals surface area contributed by atoms with E-state index in [1.807, 2.05) is 17.9 Å². The van der Waals surface area contributed by atoms with Crippen molar-refractivity contribution in [2.75, 3.05) is 22.9 Å². The molecule has 3 heterocycles. The van der Waals surface area contributed by atoms with Crippen LogP contribution in [0.25, 0.3) is 0 Å². The Morgan fingerprint density at radius 3 is 2.49 bits per heavy atom. The second-order valence-corrected chi connectivity index (χ2v) is 9.92. The van der Waals surface area contributed by atoms with E-state index in [0.29, 0.717) is 37.2 Å². The molecule has 0 unspecified atom stereocenters. The van der Waals surface area contributed by atoms with Crippen molar-refractivity contribution in [1.82, 2.24) is 14.7 Å². The topological polar surface area (TPSA) is 87.7 Å². The summed E-state index contributed by atoms with van der Waals surface area (Å²) in [5.41, 5.74) is 6.38. The molecule has 206 valence electrons. The first-order valence-corrected chi connectivity index (χ1v) is 12.6. The Morgan fingerprint density at radius 1 is 1.10 bits per heavy atom. The van der Waals surface area contributed by atoms with Crippen LogP contribution in [0.1, 0.15) is 35.1 Å². The molecule has 0 spiro atoms. The first kappa shape index (κ1) is 26.5. The minimum Gasteiger partial charge on any atom is -0.369 e. The minimum absolute atomic E-state index is 0.0690. The molecule has 0 radical (unpaired) electrons. The van der Waals surface area contributed by atoms with Crippen LogP contribution in [0.5, 0.6) is 0 Å². The van der Waals surface area contributed by atoms with Crippen LogP contribution in [-0.4, -0.2) is 45.8 Å². The number of hydrogen-bond donors (Lipinski definition) is 1. The van der Waals surface area contributed by atoms with Gasteiger partial charge in [0.2, 0.25) is 5.91 Å². The summed E-state index contributed by atoms with van der Waals surface area (Å²) >= 11 is 0. The molecular formula is C27H28F4N6O2. The Balaban J connectivity index is 1.43. The molecule has 5 rings (SSSR count). The third-order valence-electron chi connectivity index (χ3n) is 7.27. The van der Waals surface area contributed by atoms with E-state index in [-0.39, 0.29) is 42.9 Å². The molecule has 0 atom stereocenters. The van der Waals surface area contributed by atoms with Crippen molar-refractivity contribution >= 4 is 23.4 Å². The maximum atomic E-state index is 14.5. The van der Waals surface area contributed by atoms with E-state index in [1.165, 1.54) is 33.8 Å². The van der Waals surface area contributed by atoms with Gasteiger partial charge in [0.1, 0.15) is 12.4 Å². The number of benzene rings is 2. The van der Waals surface area contributed by atoms with Gasteiger partial charge in [-0.2, -0.15) is 18.3 Å². The van der Waals surface area contributed by atoms with Crippen LogP contribution in [0.4, 0.5) is 33.9 Å². The van der Waals surface area contributed by atoms with E-state index in [0.717, 1.165) is 11.6 Å². The van der Waals surface area contributed by atoms with Gasteiger partial charge in [0.25, 0.3) is 0 Å². The number of nitrogens with two attached hydrogens (primary N) is 1. The molecule has 3 aromatic rings. The van der Waals surface area contributed by atoms with Crippen LogP contribution in [0, 0.1) is 12.7 Å². The number of hydrogen-bond acceptors (Lipinski definition) is 4. The minimum atomic E-state index is -4.60. The number of nitrogens with zero attached hydrogens (tertiary/aromatic N) is 5. The Morgan fingerprint density at radius 2 is 1.82 bits per heavy atom. The van der Waals surface area contributed by atoms with Crippen LogP contribution in [0.3, 0.4) is 0 Å². The molecule has 8 nitrogen and oxygen atoms in total. The van der Waals surface area contributed by atoms with Gasteiger partial charge in [-0.25, -0.2) is 9.18 Å². The molecule has 1 fully saturated rings. The van der Waals surface area contributed by atoms with E-state index >= 15 is 0 Å². The maximum Gasteiger partial charge on any atom is 0.416 e. The summed E-state index contributed by atoms with van der Waals surface area (Å²) in [6.45, 7) is 2.49. The molecule has 2 N–H and O–H groups in total. The summed E-state index contributed by atoms with van der Waals surface area (Å²) in [6.07, 6.45) is -1.89. The number of alkyl halides is 3. The fourth-order valence-electron chi connectivity index (χ4n) is 5.49. The van der Waals surface area contributed by atoms with Gasteiger partial charge in [-0.05, 0) is 43.0 Å². The maximum absolute atomic E-state index is 14.5. The lowest BCUT2D eigenvalue weighted by Gasteiger charge is -2.43. The second-order valence-electron chi connectivity index (χ2n) is 9.92. The standard InChI is InChI=1S/C27H28F4N6O2/c1-17-5-4-8-22(28)24(17)34-11-9-20(10-12-34)36-15-19-13-35(16-23(32)38)33-25(19)37(26(36)39)14-18-6-2-3-7-21(18)27(29,30)31/h2-8,13,20H,9-12,14-16H2,1H3,(H2,32,38). The first-order chi connectivity index (χ1) is 18.5. The summed E-state index contributed by atoms with van der Waals surface area (Å²) in [6, 6.07) is 9.36. The lowest BCUT2D eigenvalue weighted by Crippen LogP contribution is -2.54. The average molecular weight is 545 g/mol. The lowest BCUT2D eigenvalue weighted by molar-refractivity contribution is -0.138. The number of carbonyl (C=O) groups excluding carboxylic acids is 2. The summed E-state index contributed by atoms with van der Waals surface area (Å²) in [5, 5.41) is 4.32. The van der Waals surface area contributed by atoms with Gasteiger partial charge in [-0.3, -0.25) is 14.4 Å².